The molecule has 2 unspecified atom stereocenters. The Bertz CT molecular complexity index is 759. The summed E-state index contributed by atoms with van der Waals surface area (Å²) >= 11 is 0. The third kappa shape index (κ3) is 4.14. The first-order valence-corrected chi connectivity index (χ1v) is 8.32. The highest BCUT2D eigenvalue weighted by Gasteiger charge is 2.28. The fourth-order valence-electron chi connectivity index (χ4n) is 2.95. The van der Waals surface area contributed by atoms with E-state index >= 15 is 0 Å². The van der Waals surface area contributed by atoms with Gasteiger partial charge in [0.15, 0.2) is 0 Å². The van der Waals surface area contributed by atoms with Gasteiger partial charge < -0.3 is 10.4 Å². The molecule has 8 nitrogen and oxygen atoms in total. The van der Waals surface area contributed by atoms with Gasteiger partial charge in [0.25, 0.3) is 5.95 Å². The molecule has 0 fully saturated rings. The van der Waals surface area contributed by atoms with Crippen molar-refractivity contribution in [3.63, 3.8) is 0 Å². The molecule has 3 N–H and O–H groups in total. The number of carboxylic acid groups (broad SMARTS) is 1. The van der Waals surface area contributed by atoms with Crippen LogP contribution in [0, 0.1) is 0 Å². The fourth-order valence-corrected chi connectivity index (χ4v) is 2.95. The van der Waals surface area contributed by atoms with Crippen LogP contribution in [0.1, 0.15) is 44.2 Å². The number of fused-ring (bicyclic) bond motifs is 1. The number of aliphatic carboxylic acids is 1. The Morgan fingerprint density at radius 1 is 1.32 bits per heavy atom. The Labute approximate surface area is 145 Å². The van der Waals surface area contributed by atoms with E-state index in [1.165, 1.54) is 0 Å². The van der Waals surface area contributed by atoms with Gasteiger partial charge in [-0.3, -0.25) is 14.9 Å². The lowest BCUT2D eigenvalue weighted by atomic mass is 9.99. The number of hydrogen-bond donors (Lipinski definition) is 3. The number of benzene rings is 1. The third-order valence-corrected chi connectivity index (χ3v) is 4.11. The van der Waals surface area contributed by atoms with Crippen molar-refractivity contribution in [2.75, 3.05) is 10.6 Å². The van der Waals surface area contributed by atoms with Gasteiger partial charge in [0.05, 0.1) is 6.04 Å². The Kier molecular flexibility index (Phi) is 4.97. The molecular weight excluding hydrogens is 322 g/mol. The summed E-state index contributed by atoms with van der Waals surface area (Å²) in [6.07, 6.45) is 1.25. The fraction of sp³-hybridized carbons (Fsp3) is 0.412. The van der Waals surface area contributed by atoms with Crippen LogP contribution in [0.4, 0.5) is 11.9 Å². The average molecular weight is 343 g/mol. The molecule has 132 valence electrons. The highest BCUT2D eigenvalue weighted by molar-refractivity contribution is 5.89. The number of hydrogen-bond acceptors (Lipinski definition) is 5. The molecule has 0 radical (unpaired) electrons. The Morgan fingerprint density at radius 2 is 2.08 bits per heavy atom. The second kappa shape index (κ2) is 7.33. The molecule has 0 saturated carbocycles. The summed E-state index contributed by atoms with van der Waals surface area (Å²) in [6, 6.07) is 10.3. The summed E-state index contributed by atoms with van der Waals surface area (Å²) in [4.78, 5) is 26.8. The van der Waals surface area contributed by atoms with Crippen LogP contribution in [0.25, 0.3) is 0 Å². The van der Waals surface area contributed by atoms with Gasteiger partial charge in [-0.1, -0.05) is 30.3 Å². The molecule has 1 amide bonds. The maximum atomic E-state index is 11.9. The van der Waals surface area contributed by atoms with Gasteiger partial charge in [0, 0.05) is 18.9 Å². The van der Waals surface area contributed by atoms with Crippen molar-refractivity contribution < 1.29 is 14.7 Å². The lowest BCUT2D eigenvalue weighted by molar-refractivity contribution is -0.137. The van der Waals surface area contributed by atoms with E-state index in [1.807, 2.05) is 18.2 Å². The topological polar surface area (TPSA) is 109 Å². The Morgan fingerprint density at radius 3 is 2.80 bits per heavy atom. The van der Waals surface area contributed by atoms with E-state index in [1.54, 1.807) is 4.68 Å². The maximum Gasteiger partial charge on any atom is 0.303 e. The van der Waals surface area contributed by atoms with Crippen molar-refractivity contribution in [3.05, 3.63) is 35.9 Å². The van der Waals surface area contributed by atoms with Crippen molar-refractivity contribution in [1.82, 2.24) is 14.8 Å². The summed E-state index contributed by atoms with van der Waals surface area (Å²) in [7, 11) is 0. The van der Waals surface area contributed by atoms with Gasteiger partial charge in [0.1, 0.15) is 0 Å². The second-order valence-electron chi connectivity index (χ2n) is 6.21. The number of rotatable bonds is 6. The smallest absolute Gasteiger partial charge is 0.303 e. The van der Waals surface area contributed by atoms with E-state index in [9.17, 15) is 9.59 Å². The summed E-state index contributed by atoms with van der Waals surface area (Å²) in [5.74, 6) is -0.341. The van der Waals surface area contributed by atoms with E-state index < -0.39 is 5.97 Å². The largest absolute Gasteiger partial charge is 0.481 e. The molecule has 0 saturated heterocycles. The number of amides is 1. The highest BCUT2D eigenvalue weighted by Crippen LogP contribution is 2.31. The maximum absolute atomic E-state index is 11.9. The number of carbonyl (C=O) groups excluding carboxylic acids is 1. The van der Waals surface area contributed by atoms with Crippen LogP contribution in [0.2, 0.25) is 0 Å². The van der Waals surface area contributed by atoms with Gasteiger partial charge in [-0.25, -0.2) is 4.68 Å². The first kappa shape index (κ1) is 16.9. The molecule has 2 heterocycles. The molecule has 0 aliphatic carbocycles. The SMILES string of the molecule is CC1CC(c2ccccc2)n2nc(NC(=O)CCCC(=O)O)nc2N1. The minimum Gasteiger partial charge on any atom is -0.481 e. The molecule has 2 aromatic rings. The number of carboxylic acids is 1. The number of nitrogens with zero attached hydrogens (tertiary/aromatic N) is 3. The minimum atomic E-state index is -0.910. The Hall–Kier alpha value is -2.90. The number of aromatic nitrogens is 3. The predicted molar refractivity (Wildman–Crippen MR) is 92.4 cm³/mol. The quantitative estimate of drug-likeness (QED) is 0.742. The van der Waals surface area contributed by atoms with Crippen LogP contribution in [-0.4, -0.2) is 37.8 Å². The minimum absolute atomic E-state index is 0.0321. The molecule has 2 atom stereocenters. The lowest BCUT2D eigenvalue weighted by Crippen LogP contribution is -2.31. The highest BCUT2D eigenvalue weighted by atomic mass is 16.4. The van der Waals surface area contributed by atoms with Gasteiger partial charge >= 0.3 is 5.97 Å². The zero-order chi connectivity index (χ0) is 17.8. The summed E-state index contributed by atoms with van der Waals surface area (Å²) in [5.41, 5.74) is 1.14. The van der Waals surface area contributed by atoms with Crippen molar-refractivity contribution >= 4 is 23.8 Å². The van der Waals surface area contributed by atoms with E-state index in [0.29, 0.717) is 5.95 Å². The van der Waals surface area contributed by atoms with Gasteiger partial charge in [0.2, 0.25) is 11.9 Å². The van der Waals surface area contributed by atoms with E-state index in [2.05, 4.69) is 39.8 Å². The lowest BCUT2D eigenvalue weighted by Gasteiger charge is -2.29. The Balaban J connectivity index is 1.73. The van der Waals surface area contributed by atoms with Crippen molar-refractivity contribution in [2.24, 2.45) is 0 Å². The van der Waals surface area contributed by atoms with Crippen LogP contribution in [0.15, 0.2) is 30.3 Å². The third-order valence-electron chi connectivity index (χ3n) is 4.11. The van der Waals surface area contributed by atoms with E-state index in [4.69, 9.17) is 5.11 Å². The standard InChI is InChI=1S/C17H21N5O3/c1-11-10-13(12-6-3-2-4-7-12)22-17(18-11)20-16(21-22)19-14(23)8-5-9-15(24)25/h2-4,6-7,11,13H,5,8-10H2,1H3,(H,24,25)(H2,18,19,20,21,23). The molecule has 1 aromatic heterocycles. The van der Waals surface area contributed by atoms with Crippen LogP contribution in [0.5, 0.6) is 0 Å². The summed E-state index contributed by atoms with van der Waals surface area (Å²) < 4.78 is 1.79. The average Bonchev–Trinajstić information content (AvgIpc) is 2.96. The van der Waals surface area contributed by atoms with Gasteiger partial charge in [-0.15, -0.1) is 5.10 Å². The summed E-state index contributed by atoms with van der Waals surface area (Å²) in [6.45, 7) is 2.08. The molecule has 25 heavy (non-hydrogen) atoms. The van der Waals surface area contributed by atoms with Crippen LogP contribution >= 0.6 is 0 Å². The van der Waals surface area contributed by atoms with Gasteiger partial charge in [-0.05, 0) is 25.3 Å². The summed E-state index contributed by atoms with van der Waals surface area (Å²) in [5, 5.41) is 19.0. The first-order chi connectivity index (χ1) is 12.0. The molecule has 1 aliphatic rings. The molecule has 1 aliphatic heterocycles. The molecule has 0 bridgehead atoms. The monoisotopic (exact) mass is 343 g/mol. The number of carbonyl (C=O) groups is 2. The molecule has 3 rings (SSSR count). The van der Waals surface area contributed by atoms with Crippen molar-refractivity contribution in [2.45, 2.75) is 44.7 Å². The van der Waals surface area contributed by atoms with E-state index in [0.717, 1.165) is 12.0 Å². The van der Waals surface area contributed by atoms with Crippen molar-refractivity contribution in [1.29, 1.82) is 0 Å². The molecule has 1 aromatic carbocycles. The number of anilines is 2. The molecule has 0 spiro atoms. The second-order valence-corrected chi connectivity index (χ2v) is 6.21. The van der Waals surface area contributed by atoms with Crippen LogP contribution in [-0.2, 0) is 9.59 Å². The van der Waals surface area contributed by atoms with Crippen molar-refractivity contribution in [3.8, 4) is 0 Å². The first-order valence-electron chi connectivity index (χ1n) is 8.32. The van der Waals surface area contributed by atoms with E-state index in [-0.39, 0.29) is 43.2 Å². The zero-order valence-electron chi connectivity index (χ0n) is 14.0. The normalized spacial score (nSPS) is 18.9. The predicted octanol–water partition coefficient (Wildman–Crippen LogP) is 2.26. The van der Waals surface area contributed by atoms with Crippen LogP contribution < -0.4 is 10.6 Å². The molecule has 8 heteroatoms. The number of nitrogens with one attached hydrogen (secondary N) is 2. The zero-order valence-corrected chi connectivity index (χ0v) is 14.0. The van der Waals surface area contributed by atoms with Crippen LogP contribution in [0.3, 0.4) is 0 Å². The van der Waals surface area contributed by atoms with Gasteiger partial charge in [-0.2, -0.15) is 4.98 Å². The molecular formula is C17H21N5O3.